The minimum atomic E-state index is -3.85. The van der Waals surface area contributed by atoms with Crippen molar-refractivity contribution in [2.45, 2.75) is 18.4 Å². The third-order valence-corrected chi connectivity index (χ3v) is 7.40. The number of carbonyl (C=O) groups excluding carboxylic acids is 1. The second kappa shape index (κ2) is 10.4. The zero-order chi connectivity index (χ0) is 24.0. The molecule has 0 aromatic heterocycles. The molecule has 34 heavy (non-hydrogen) atoms. The minimum Gasteiger partial charge on any atom is -0.304 e. The second-order valence-corrected chi connectivity index (χ2v) is 9.61. The molecule has 0 atom stereocenters. The monoisotopic (exact) mass is 470 g/mol. The summed E-state index contributed by atoms with van der Waals surface area (Å²) < 4.78 is 28.3. The Morgan fingerprint density at radius 3 is 1.85 bits per heavy atom. The molecular formula is C28H26N2O3S. The van der Waals surface area contributed by atoms with Gasteiger partial charge in [-0.25, -0.2) is 8.42 Å². The summed E-state index contributed by atoms with van der Waals surface area (Å²) in [5.74, 6) is -0.269. The van der Waals surface area contributed by atoms with E-state index in [0.29, 0.717) is 17.8 Å². The molecule has 4 aromatic rings. The Bertz CT molecular complexity index is 1340. The predicted octanol–water partition coefficient (Wildman–Crippen LogP) is 5.75. The van der Waals surface area contributed by atoms with Gasteiger partial charge in [0.25, 0.3) is 15.9 Å². The number of hydrogen-bond donors (Lipinski definition) is 0. The maximum Gasteiger partial charge on any atom is 0.264 e. The number of benzene rings is 4. The Morgan fingerprint density at radius 1 is 0.706 bits per heavy atom. The first-order chi connectivity index (χ1) is 16.5. The van der Waals surface area contributed by atoms with Crippen molar-refractivity contribution in [1.82, 2.24) is 0 Å². The molecule has 0 radical (unpaired) electrons. The van der Waals surface area contributed by atoms with Crippen molar-refractivity contribution in [3.05, 3.63) is 126 Å². The Hall–Kier alpha value is -3.90. The number of sulfonamides is 1. The molecule has 0 fully saturated rings. The molecule has 0 aliphatic rings. The Morgan fingerprint density at radius 2 is 1.26 bits per heavy atom. The molecule has 4 rings (SSSR count). The summed E-state index contributed by atoms with van der Waals surface area (Å²) in [5, 5.41) is 0. The summed E-state index contributed by atoms with van der Waals surface area (Å²) in [6.07, 6.45) is 0. The van der Waals surface area contributed by atoms with Gasteiger partial charge in [-0.1, -0.05) is 72.8 Å². The number of nitrogens with zero attached hydrogens (tertiary/aromatic N) is 2. The van der Waals surface area contributed by atoms with Gasteiger partial charge >= 0.3 is 0 Å². The van der Waals surface area contributed by atoms with E-state index in [-0.39, 0.29) is 17.3 Å². The van der Waals surface area contributed by atoms with Gasteiger partial charge < -0.3 is 4.90 Å². The minimum absolute atomic E-state index is 0.0803. The number of carbonyl (C=O) groups is 1. The van der Waals surface area contributed by atoms with Crippen LogP contribution in [0.1, 0.15) is 22.8 Å². The number of hydrogen-bond acceptors (Lipinski definition) is 3. The van der Waals surface area contributed by atoms with Crippen LogP contribution < -0.4 is 9.21 Å². The van der Waals surface area contributed by atoms with Gasteiger partial charge in [0.15, 0.2) is 0 Å². The number of amides is 1. The van der Waals surface area contributed by atoms with Crippen molar-refractivity contribution in [2.24, 2.45) is 0 Å². The average Bonchev–Trinajstić information content (AvgIpc) is 2.89. The lowest BCUT2D eigenvalue weighted by molar-refractivity contribution is 0.0985. The molecule has 0 unspecified atom stereocenters. The lowest BCUT2D eigenvalue weighted by Crippen LogP contribution is -2.32. The van der Waals surface area contributed by atoms with Crippen molar-refractivity contribution in [3.8, 4) is 0 Å². The highest BCUT2D eigenvalue weighted by Crippen LogP contribution is 2.25. The third kappa shape index (κ3) is 5.02. The van der Waals surface area contributed by atoms with Gasteiger partial charge in [0.05, 0.1) is 17.1 Å². The van der Waals surface area contributed by atoms with Gasteiger partial charge in [-0.3, -0.25) is 9.10 Å². The smallest absolute Gasteiger partial charge is 0.264 e. The third-order valence-electron chi connectivity index (χ3n) is 5.50. The van der Waals surface area contributed by atoms with E-state index in [1.54, 1.807) is 48.2 Å². The maximum absolute atomic E-state index is 13.7. The largest absolute Gasteiger partial charge is 0.304 e. The normalized spacial score (nSPS) is 11.1. The fourth-order valence-electron chi connectivity index (χ4n) is 3.81. The number of para-hydroxylation sites is 2. The summed E-state index contributed by atoms with van der Waals surface area (Å²) in [6.45, 7) is 2.43. The fraction of sp³-hybridized carbons (Fsp3) is 0.107. The summed E-state index contributed by atoms with van der Waals surface area (Å²) in [4.78, 5) is 15.4. The summed E-state index contributed by atoms with van der Waals surface area (Å²) in [6, 6.07) is 34.3. The van der Waals surface area contributed by atoms with E-state index < -0.39 is 10.0 Å². The van der Waals surface area contributed by atoms with Crippen molar-refractivity contribution in [1.29, 1.82) is 0 Å². The molecule has 0 aliphatic heterocycles. The van der Waals surface area contributed by atoms with Gasteiger partial charge in [0, 0.05) is 17.8 Å². The lowest BCUT2D eigenvalue weighted by atomic mass is 10.1. The van der Waals surface area contributed by atoms with Crippen LogP contribution in [-0.4, -0.2) is 20.9 Å². The molecule has 0 spiro atoms. The zero-order valence-corrected chi connectivity index (χ0v) is 19.7. The van der Waals surface area contributed by atoms with Crippen LogP contribution in [0.2, 0.25) is 0 Å². The van der Waals surface area contributed by atoms with Crippen LogP contribution >= 0.6 is 0 Å². The van der Waals surface area contributed by atoms with E-state index in [1.165, 1.54) is 16.4 Å². The molecule has 0 bridgehead atoms. The average molecular weight is 471 g/mol. The van der Waals surface area contributed by atoms with Gasteiger partial charge in [-0.15, -0.1) is 0 Å². The van der Waals surface area contributed by atoms with Gasteiger partial charge in [0.2, 0.25) is 0 Å². The molecular weight excluding hydrogens is 444 g/mol. The Balaban J connectivity index is 1.70. The summed E-state index contributed by atoms with van der Waals surface area (Å²) >= 11 is 0. The van der Waals surface area contributed by atoms with Gasteiger partial charge in [-0.2, -0.15) is 0 Å². The molecule has 0 saturated carbocycles. The van der Waals surface area contributed by atoms with E-state index >= 15 is 0 Å². The van der Waals surface area contributed by atoms with E-state index in [2.05, 4.69) is 0 Å². The van der Waals surface area contributed by atoms with E-state index in [9.17, 15) is 13.2 Å². The molecule has 0 heterocycles. The van der Waals surface area contributed by atoms with E-state index in [1.807, 2.05) is 66.7 Å². The van der Waals surface area contributed by atoms with Crippen LogP contribution in [0, 0.1) is 0 Å². The van der Waals surface area contributed by atoms with Crippen molar-refractivity contribution in [3.63, 3.8) is 0 Å². The molecule has 1 amide bonds. The van der Waals surface area contributed by atoms with Crippen molar-refractivity contribution in [2.75, 3.05) is 15.7 Å². The lowest BCUT2D eigenvalue weighted by Gasteiger charge is -2.25. The topological polar surface area (TPSA) is 57.7 Å². The number of rotatable bonds is 8. The van der Waals surface area contributed by atoms with Crippen molar-refractivity contribution < 1.29 is 13.2 Å². The predicted molar refractivity (Wildman–Crippen MR) is 136 cm³/mol. The van der Waals surface area contributed by atoms with Crippen molar-refractivity contribution >= 4 is 27.3 Å². The maximum atomic E-state index is 13.7. The van der Waals surface area contributed by atoms with Gasteiger partial charge in [-0.05, 0) is 55.0 Å². The number of anilines is 2. The molecule has 172 valence electrons. The standard InChI is InChI=1S/C28H26N2O3S/c1-2-30(26-18-10-5-11-19-26)34(32,33)27-20-12-15-24(21-27)28(31)29(25-16-8-4-9-17-25)22-23-13-6-3-7-14-23/h3-21H,2,22H2,1H3. The van der Waals surface area contributed by atoms with E-state index in [4.69, 9.17) is 0 Å². The van der Waals surface area contributed by atoms with Crippen LogP contribution in [-0.2, 0) is 16.6 Å². The molecule has 5 nitrogen and oxygen atoms in total. The van der Waals surface area contributed by atoms with Crippen LogP contribution in [0.4, 0.5) is 11.4 Å². The van der Waals surface area contributed by atoms with E-state index in [0.717, 1.165) is 11.3 Å². The molecule has 0 saturated heterocycles. The van der Waals surface area contributed by atoms with Crippen LogP contribution in [0.15, 0.2) is 120 Å². The van der Waals surface area contributed by atoms with Crippen LogP contribution in [0.3, 0.4) is 0 Å². The molecule has 6 heteroatoms. The second-order valence-electron chi connectivity index (χ2n) is 7.75. The van der Waals surface area contributed by atoms with Crippen LogP contribution in [0.5, 0.6) is 0 Å². The molecule has 4 aromatic carbocycles. The first kappa shape index (κ1) is 23.3. The highest BCUT2D eigenvalue weighted by Gasteiger charge is 2.26. The van der Waals surface area contributed by atoms with Gasteiger partial charge in [0.1, 0.15) is 0 Å². The first-order valence-corrected chi connectivity index (χ1v) is 12.5. The van der Waals surface area contributed by atoms with Crippen LogP contribution in [0.25, 0.3) is 0 Å². The quantitative estimate of drug-likeness (QED) is 0.330. The fourth-order valence-corrected chi connectivity index (χ4v) is 5.33. The first-order valence-electron chi connectivity index (χ1n) is 11.1. The Labute approximate surface area is 201 Å². The highest BCUT2D eigenvalue weighted by atomic mass is 32.2. The Kier molecular flexibility index (Phi) is 7.09. The summed E-state index contributed by atoms with van der Waals surface area (Å²) in [7, 11) is -3.85. The molecule has 0 N–H and O–H groups in total. The highest BCUT2D eigenvalue weighted by molar-refractivity contribution is 7.92. The molecule has 0 aliphatic carbocycles. The zero-order valence-electron chi connectivity index (χ0n) is 18.9. The summed E-state index contributed by atoms with van der Waals surface area (Å²) in [5.41, 5.74) is 2.61. The SMILES string of the molecule is CCN(c1ccccc1)S(=O)(=O)c1cccc(C(=O)N(Cc2ccccc2)c2ccccc2)c1.